The molecule has 0 amide bonds. The van der Waals surface area contributed by atoms with E-state index < -0.39 is 0 Å². The second kappa shape index (κ2) is 8.40. The molecule has 1 aliphatic heterocycles. The summed E-state index contributed by atoms with van der Waals surface area (Å²) < 4.78 is 5.51. The van der Waals surface area contributed by atoms with Crippen molar-refractivity contribution < 1.29 is 4.74 Å². The Morgan fingerprint density at radius 3 is 3.00 bits per heavy atom. The SMILES string of the molecule is CCCNCC1CCCN(Cc2cc(C)ccc2OC)C1. The molecule has 1 saturated heterocycles. The van der Waals surface area contributed by atoms with Gasteiger partial charge >= 0.3 is 0 Å². The first-order valence-electron chi connectivity index (χ1n) is 8.29. The van der Waals surface area contributed by atoms with Crippen LogP contribution in [0.3, 0.4) is 0 Å². The fourth-order valence-electron chi connectivity index (χ4n) is 3.22. The van der Waals surface area contributed by atoms with Gasteiger partial charge in [0.05, 0.1) is 7.11 Å². The molecule has 1 heterocycles. The van der Waals surface area contributed by atoms with Gasteiger partial charge in [-0.15, -0.1) is 0 Å². The van der Waals surface area contributed by atoms with Crippen molar-refractivity contribution in [3.8, 4) is 5.75 Å². The molecule has 118 valence electrons. The summed E-state index contributed by atoms with van der Waals surface area (Å²) in [5.74, 6) is 1.81. The molecule has 1 aromatic rings. The maximum Gasteiger partial charge on any atom is 0.123 e. The number of nitrogens with zero attached hydrogens (tertiary/aromatic N) is 1. The van der Waals surface area contributed by atoms with Crippen LogP contribution in [0, 0.1) is 12.8 Å². The van der Waals surface area contributed by atoms with Crippen LogP contribution in [0.15, 0.2) is 18.2 Å². The molecule has 3 nitrogen and oxygen atoms in total. The van der Waals surface area contributed by atoms with E-state index >= 15 is 0 Å². The van der Waals surface area contributed by atoms with Gasteiger partial charge in [-0.1, -0.05) is 24.6 Å². The lowest BCUT2D eigenvalue weighted by atomic mass is 9.97. The number of nitrogens with one attached hydrogen (secondary N) is 1. The Morgan fingerprint density at radius 2 is 2.24 bits per heavy atom. The normalized spacial score (nSPS) is 19.7. The second-order valence-electron chi connectivity index (χ2n) is 6.26. The molecule has 0 radical (unpaired) electrons. The number of rotatable bonds is 7. The summed E-state index contributed by atoms with van der Waals surface area (Å²) in [5, 5.41) is 3.57. The molecule has 1 N–H and O–H groups in total. The van der Waals surface area contributed by atoms with Crippen molar-refractivity contribution in [2.45, 2.75) is 39.7 Å². The zero-order chi connectivity index (χ0) is 15.1. The minimum absolute atomic E-state index is 0.793. The van der Waals surface area contributed by atoms with Crippen LogP contribution in [-0.4, -0.2) is 38.2 Å². The molecule has 1 unspecified atom stereocenters. The molecule has 0 aromatic heterocycles. The van der Waals surface area contributed by atoms with Crippen LogP contribution in [0.5, 0.6) is 5.75 Å². The third-order valence-corrected chi connectivity index (χ3v) is 4.29. The van der Waals surface area contributed by atoms with E-state index in [4.69, 9.17) is 4.74 Å². The van der Waals surface area contributed by atoms with Crippen molar-refractivity contribution in [3.63, 3.8) is 0 Å². The Balaban J connectivity index is 1.91. The summed E-state index contributed by atoms with van der Waals surface area (Å²) in [5.41, 5.74) is 2.63. The van der Waals surface area contributed by atoms with Crippen molar-refractivity contribution in [3.05, 3.63) is 29.3 Å². The zero-order valence-corrected chi connectivity index (χ0v) is 13.8. The molecular formula is C18H30N2O. The maximum absolute atomic E-state index is 5.51. The van der Waals surface area contributed by atoms with Gasteiger partial charge in [0.25, 0.3) is 0 Å². The Morgan fingerprint density at radius 1 is 1.38 bits per heavy atom. The van der Waals surface area contributed by atoms with Gasteiger partial charge in [0.15, 0.2) is 0 Å². The van der Waals surface area contributed by atoms with Crippen LogP contribution in [0.1, 0.15) is 37.3 Å². The number of methoxy groups -OCH3 is 1. The largest absolute Gasteiger partial charge is 0.496 e. The van der Waals surface area contributed by atoms with E-state index in [1.54, 1.807) is 7.11 Å². The Hall–Kier alpha value is -1.06. The molecule has 1 aromatic carbocycles. The fourth-order valence-corrected chi connectivity index (χ4v) is 3.22. The average molecular weight is 290 g/mol. The third kappa shape index (κ3) is 5.01. The number of hydrogen-bond acceptors (Lipinski definition) is 3. The molecular weight excluding hydrogens is 260 g/mol. The van der Waals surface area contributed by atoms with Crippen LogP contribution in [0.25, 0.3) is 0 Å². The molecule has 3 heteroatoms. The highest BCUT2D eigenvalue weighted by molar-refractivity contribution is 5.36. The highest BCUT2D eigenvalue weighted by Crippen LogP contribution is 2.24. The number of benzene rings is 1. The maximum atomic E-state index is 5.51. The summed E-state index contributed by atoms with van der Waals surface area (Å²) in [7, 11) is 1.77. The smallest absolute Gasteiger partial charge is 0.123 e. The van der Waals surface area contributed by atoms with Gasteiger partial charge < -0.3 is 10.1 Å². The lowest BCUT2D eigenvalue weighted by Crippen LogP contribution is -2.39. The van der Waals surface area contributed by atoms with Crippen LogP contribution < -0.4 is 10.1 Å². The first kappa shape index (κ1) is 16.3. The second-order valence-corrected chi connectivity index (χ2v) is 6.26. The molecule has 1 aliphatic rings. The Bertz CT molecular complexity index is 433. The number of piperidine rings is 1. The number of ether oxygens (including phenoxy) is 1. The van der Waals surface area contributed by atoms with Gasteiger partial charge in [-0.05, 0) is 57.8 Å². The highest BCUT2D eigenvalue weighted by atomic mass is 16.5. The Labute approximate surface area is 129 Å². The molecule has 0 aliphatic carbocycles. The molecule has 2 rings (SSSR count). The van der Waals surface area contributed by atoms with Gasteiger partial charge in [-0.3, -0.25) is 4.90 Å². The summed E-state index contributed by atoms with van der Waals surface area (Å²) in [6, 6.07) is 6.47. The first-order valence-corrected chi connectivity index (χ1v) is 8.29. The van der Waals surface area contributed by atoms with Crippen molar-refractivity contribution in [1.29, 1.82) is 0 Å². The molecule has 1 fully saturated rings. The van der Waals surface area contributed by atoms with E-state index in [0.717, 1.165) is 31.3 Å². The standard InChI is InChI=1S/C18H30N2O/c1-4-9-19-12-16-6-5-10-20(13-16)14-17-11-15(2)7-8-18(17)21-3/h7-8,11,16,19H,4-6,9-10,12-14H2,1-3H3. The van der Waals surface area contributed by atoms with Gasteiger partial charge in [0.2, 0.25) is 0 Å². The Kier molecular flexibility index (Phi) is 6.52. The van der Waals surface area contributed by atoms with Crippen LogP contribution in [0.4, 0.5) is 0 Å². The molecule has 0 saturated carbocycles. The molecule has 21 heavy (non-hydrogen) atoms. The quantitative estimate of drug-likeness (QED) is 0.780. The summed E-state index contributed by atoms with van der Waals surface area (Å²) in [6.07, 6.45) is 3.89. The molecule has 0 spiro atoms. The van der Waals surface area contributed by atoms with Gasteiger partial charge in [0, 0.05) is 18.7 Å². The van der Waals surface area contributed by atoms with E-state index in [0.29, 0.717) is 0 Å². The number of likely N-dealkylation sites (tertiary alicyclic amines) is 1. The molecule has 0 bridgehead atoms. The lowest BCUT2D eigenvalue weighted by molar-refractivity contribution is 0.164. The zero-order valence-electron chi connectivity index (χ0n) is 13.8. The predicted molar refractivity (Wildman–Crippen MR) is 88.9 cm³/mol. The van der Waals surface area contributed by atoms with Crippen LogP contribution in [-0.2, 0) is 6.54 Å². The van der Waals surface area contributed by atoms with E-state index in [2.05, 4.69) is 42.3 Å². The van der Waals surface area contributed by atoms with E-state index in [9.17, 15) is 0 Å². The van der Waals surface area contributed by atoms with E-state index in [1.165, 1.54) is 43.5 Å². The third-order valence-electron chi connectivity index (χ3n) is 4.29. The van der Waals surface area contributed by atoms with Crippen molar-refractivity contribution in [2.24, 2.45) is 5.92 Å². The average Bonchev–Trinajstić information content (AvgIpc) is 2.48. The molecule has 1 atom stereocenters. The van der Waals surface area contributed by atoms with Crippen LogP contribution in [0.2, 0.25) is 0 Å². The van der Waals surface area contributed by atoms with Crippen LogP contribution >= 0.6 is 0 Å². The predicted octanol–water partition coefficient (Wildman–Crippen LogP) is 3.22. The summed E-state index contributed by atoms with van der Waals surface area (Å²) in [4.78, 5) is 2.58. The topological polar surface area (TPSA) is 24.5 Å². The minimum atomic E-state index is 0.793. The highest BCUT2D eigenvalue weighted by Gasteiger charge is 2.20. The minimum Gasteiger partial charge on any atom is -0.496 e. The summed E-state index contributed by atoms with van der Waals surface area (Å²) in [6.45, 7) is 10.1. The van der Waals surface area contributed by atoms with Crippen molar-refractivity contribution in [2.75, 3.05) is 33.3 Å². The monoisotopic (exact) mass is 290 g/mol. The summed E-state index contributed by atoms with van der Waals surface area (Å²) >= 11 is 0. The van der Waals surface area contributed by atoms with E-state index in [1.807, 2.05) is 0 Å². The number of hydrogen-bond donors (Lipinski definition) is 1. The lowest BCUT2D eigenvalue weighted by Gasteiger charge is -2.33. The van der Waals surface area contributed by atoms with Gasteiger partial charge in [-0.25, -0.2) is 0 Å². The van der Waals surface area contributed by atoms with Crippen molar-refractivity contribution in [1.82, 2.24) is 10.2 Å². The van der Waals surface area contributed by atoms with Gasteiger partial charge in [-0.2, -0.15) is 0 Å². The number of aryl methyl sites for hydroxylation is 1. The first-order chi connectivity index (χ1) is 10.2. The van der Waals surface area contributed by atoms with Gasteiger partial charge in [0.1, 0.15) is 5.75 Å². The van der Waals surface area contributed by atoms with E-state index in [-0.39, 0.29) is 0 Å². The van der Waals surface area contributed by atoms with Crippen molar-refractivity contribution >= 4 is 0 Å². The fraction of sp³-hybridized carbons (Fsp3) is 0.667.